The van der Waals surface area contributed by atoms with Gasteiger partial charge in [-0.2, -0.15) is 0 Å². The zero-order valence-electron chi connectivity index (χ0n) is 16.2. The number of piperidine rings is 1. The van der Waals surface area contributed by atoms with E-state index in [9.17, 15) is 9.18 Å². The molecule has 0 aliphatic carbocycles. The normalized spacial score (nSPS) is 21.3. The third-order valence-electron chi connectivity index (χ3n) is 5.28. The van der Waals surface area contributed by atoms with Crippen molar-refractivity contribution in [3.8, 4) is 11.4 Å². The van der Waals surface area contributed by atoms with Crippen LogP contribution in [0.25, 0.3) is 17.5 Å². The fraction of sp³-hybridized carbons (Fsp3) is 0.444. The molecule has 2 aromatic rings. The fourth-order valence-corrected chi connectivity index (χ4v) is 4.01. The molecule has 1 unspecified atom stereocenters. The Hall–Kier alpha value is -2.60. The summed E-state index contributed by atoms with van der Waals surface area (Å²) in [5, 5.41) is 1.89. The van der Waals surface area contributed by atoms with E-state index in [1.165, 1.54) is 5.01 Å². The van der Waals surface area contributed by atoms with Crippen LogP contribution in [0.3, 0.4) is 0 Å². The Bertz CT molecular complexity index is 1060. The number of hydrazine groups is 2. The first-order valence-electron chi connectivity index (χ1n) is 9.62. The number of hydrogen-bond donors (Lipinski definition) is 4. The molecule has 0 bridgehead atoms. The molecule has 2 aliphatic heterocycles. The summed E-state index contributed by atoms with van der Waals surface area (Å²) in [4.78, 5) is 29.5. The van der Waals surface area contributed by atoms with Gasteiger partial charge in [-0.1, -0.05) is 6.08 Å². The second-order valence-electron chi connectivity index (χ2n) is 7.36. The molecule has 0 radical (unpaired) electrons. The SMILES string of the molecule is NNC(=O)CN1CCC[C@H](N(N)c2nc(-c3c[nH]c4c3=CC(Cl)CN=4)ncc2F)C1. The van der Waals surface area contributed by atoms with Crippen molar-refractivity contribution in [3.05, 3.63) is 28.9 Å². The standard InChI is InChI=1S/C18H23ClFN9O/c19-10-4-12-13(6-24-16(12)23-5-10)17-25-7-14(20)18(26-17)29(22)11-2-1-3-28(8-11)9-15(30)27-21/h4,6-7,10-11H,1-3,5,8-9,21-22H2,(H,23,24)(H,27,30)/t10?,11-/m0/s1. The molecule has 6 N–H and O–H groups in total. The molecule has 0 aromatic carbocycles. The number of halogens is 2. The minimum absolute atomic E-state index is 0.000230. The van der Waals surface area contributed by atoms with Gasteiger partial charge in [0.2, 0.25) is 5.91 Å². The van der Waals surface area contributed by atoms with Crippen molar-refractivity contribution in [2.45, 2.75) is 24.3 Å². The lowest BCUT2D eigenvalue weighted by Crippen LogP contribution is -2.53. The first kappa shape index (κ1) is 20.7. The first-order chi connectivity index (χ1) is 14.5. The lowest BCUT2D eigenvalue weighted by atomic mass is 10.1. The number of nitrogens with zero attached hydrogens (tertiary/aromatic N) is 5. The van der Waals surface area contributed by atoms with Crippen molar-refractivity contribution >= 4 is 29.4 Å². The van der Waals surface area contributed by atoms with Gasteiger partial charge in [0.1, 0.15) is 5.49 Å². The van der Waals surface area contributed by atoms with Gasteiger partial charge in [-0.05, 0) is 19.4 Å². The van der Waals surface area contributed by atoms with Crippen LogP contribution in [0, 0.1) is 5.82 Å². The number of nitrogens with one attached hydrogen (secondary N) is 2. The average molecular weight is 436 g/mol. The Morgan fingerprint density at radius 3 is 3.13 bits per heavy atom. The lowest BCUT2D eigenvalue weighted by Gasteiger charge is -2.37. The fourth-order valence-electron chi connectivity index (χ4n) is 3.81. The number of anilines is 1. The van der Waals surface area contributed by atoms with E-state index in [1.807, 2.05) is 11.0 Å². The molecule has 1 fully saturated rings. The van der Waals surface area contributed by atoms with Gasteiger partial charge in [0.15, 0.2) is 17.5 Å². The van der Waals surface area contributed by atoms with Gasteiger partial charge in [0.05, 0.1) is 30.7 Å². The van der Waals surface area contributed by atoms with Gasteiger partial charge in [-0.15, -0.1) is 11.6 Å². The largest absolute Gasteiger partial charge is 0.346 e. The zero-order valence-corrected chi connectivity index (χ0v) is 16.9. The van der Waals surface area contributed by atoms with E-state index in [2.05, 4.69) is 25.4 Å². The highest BCUT2D eigenvalue weighted by atomic mass is 35.5. The third-order valence-corrected chi connectivity index (χ3v) is 5.55. The number of carbonyl (C=O) groups excluding carboxylic acids is 1. The maximum absolute atomic E-state index is 14.6. The molecule has 12 heteroatoms. The summed E-state index contributed by atoms with van der Waals surface area (Å²) in [7, 11) is 0. The van der Waals surface area contributed by atoms with Crippen molar-refractivity contribution in [3.63, 3.8) is 0 Å². The van der Waals surface area contributed by atoms with Gasteiger partial charge in [-0.3, -0.25) is 25.1 Å². The predicted molar refractivity (Wildman–Crippen MR) is 110 cm³/mol. The molecule has 160 valence electrons. The lowest BCUT2D eigenvalue weighted by molar-refractivity contribution is -0.122. The van der Waals surface area contributed by atoms with E-state index in [-0.39, 0.29) is 29.7 Å². The van der Waals surface area contributed by atoms with Crippen LogP contribution in [0.1, 0.15) is 12.8 Å². The van der Waals surface area contributed by atoms with E-state index in [0.29, 0.717) is 30.0 Å². The number of rotatable bonds is 5. The van der Waals surface area contributed by atoms with Gasteiger partial charge in [0.25, 0.3) is 0 Å². The number of aromatic amines is 1. The van der Waals surface area contributed by atoms with Crippen LogP contribution >= 0.6 is 11.6 Å². The number of nitrogens with two attached hydrogens (primary N) is 2. The molecule has 2 aliphatic rings. The van der Waals surface area contributed by atoms with Crippen molar-refractivity contribution in [1.29, 1.82) is 0 Å². The van der Waals surface area contributed by atoms with Crippen LogP contribution in [0.5, 0.6) is 0 Å². The third kappa shape index (κ3) is 4.15. The van der Waals surface area contributed by atoms with E-state index < -0.39 is 5.82 Å². The summed E-state index contributed by atoms with van der Waals surface area (Å²) in [5.41, 5.74) is 3.49. The van der Waals surface area contributed by atoms with Crippen LogP contribution in [0.15, 0.2) is 17.4 Å². The van der Waals surface area contributed by atoms with Crippen LogP contribution in [-0.2, 0) is 4.79 Å². The summed E-state index contributed by atoms with van der Waals surface area (Å²) in [5.74, 6) is 10.9. The van der Waals surface area contributed by atoms with Crippen molar-refractivity contribution in [2.24, 2.45) is 16.7 Å². The number of likely N-dealkylation sites (tertiary alicyclic amines) is 1. The summed E-state index contributed by atoms with van der Waals surface area (Å²) >= 11 is 6.20. The Morgan fingerprint density at radius 2 is 2.33 bits per heavy atom. The van der Waals surface area contributed by atoms with Crippen molar-refractivity contribution in [1.82, 2.24) is 25.3 Å². The Balaban J connectivity index is 1.61. The Kier molecular flexibility index (Phi) is 5.95. The van der Waals surface area contributed by atoms with Crippen LogP contribution < -0.4 is 32.8 Å². The minimum atomic E-state index is -0.619. The van der Waals surface area contributed by atoms with E-state index in [1.54, 1.807) is 6.20 Å². The van der Waals surface area contributed by atoms with Crippen molar-refractivity contribution in [2.75, 3.05) is 31.2 Å². The molecule has 0 saturated carbocycles. The molecule has 4 heterocycles. The number of carbonyl (C=O) groups is 1. The van der Waals surface area contributed by atoms with Gasteiger partial charge in [0, 0.05) is 23.5 Å². The Morgan fingerprint density at radius 1 is 1.50 bits per heavy atom. The highest BCUT2D eigenvalue weighted by molar-refractivity contribution is 6.24. The topological polar surface area (TPSA) is 142 Å². The average Bonchev–Trinajstić information content (AvgIpc) is 3.16. The summed E-state index contributed by atoms with van der Waals surface area (Å²) in [6, 6.07) is -0.213. The molecule has 2 aromatic heterocycles. The molecule has 1 amide bonds. The zero-order chi connectivity index (χ0) is 21.3. The first-order valence-corrected chi connectivity index (χ1v) is 10.1. The predicted octanol–water partition coefficient (Wildman–Crippen LogP) is -1.23. The van der Waals surface area contributed by atoms with E-state index in [4.69, 9.17) is 23.3 Å². The van der Waals surface area contributed by atoms with Gasteiger partial charge < -0.3 is 4.98 Å². The van der Waals surface area contributed by atoms with E-state index in [0.717, 1.165) is 30.8 Å². The maximum Gasteiger partial charge on any atom is 0.248 e. The molecular formula is C18H23ClFN9O. The monoisotopic (exact) mass is 435 g/mol. The molecule has 1 saturated heterocycles. The number of fused-ring (bicyclic) bond motifs is 1. The molecule has 4 rings (SSSR count). The van der Waals surface area contributed by atoms with Crippen LogP contribution in [0.2, 0.25) is 0 Å². The maximum atomic E-state index is 14.6. The number of aromatic nitrogens is 3. The second kappa shape index (κ2) is 8.64. The number of alkyl halides is 1. The van der Waals surface area contributed by atoms with Crippen LogP contribution in [-0.4, -0.2) is 63.4 Å². The second-order valence-corrected chi connectivity index (χ2v) is 7.92. The quantitative estimate of drug-likeness (QED) is 0.199. The number of amides is 1. The van der Waals surface area contributed by atoms with Crippen molar-refractivity contribution < 1.29 is 9.18 Å². The minimum Gasteiger partial charge on any atom is -0.346 e. The highest BCUT2D eigenvalue weighted by Gasteiger charge is 2.28. The summed E-state index contributed by atoms with van der Waals surface area (Å²) in [6.07, 6.45) is 6.28. The molecular weight excluding hydrogens is 413 g/mol. The van der Waals surface area contributed by atoms with Crippen LogP contribution in [0.4, 0.5) is 10.2 Å². The molecule has 0 spiro atoms. The van der Waals surface area contributed by atoms with Gasteiger partial charge >= 0.3 is 0 Å². The van der Waals surface area contributed by atoms with Gasteiger partial charge in [-0.25, -0.2) is 26.0 Å². The summed E-state index contributed by atoms with van der Waals surface area (Å²) in [6.45, 7) is 1.88. The number of hydrogen-bond acceptors (Lipinski definition) is 8. The molecule has 2 atom stereocenters. The smallest absolute Gasteiger partial charge is 0.248 e. The number of H-pyrrole nitrogens is 1. The highest BCUT2D eigenvalue weighted by Crippen LogP contribution is 2.23. The molecule has 10 nitrogen and oxygen atoms in total. The Labute approximate surface area is 176 Å². The summed E-state index contributed by atoms with van der Waals surface area (Å²) < 4.78 is 14.6. The molecule has 30 heavy (non-hydrogen) atoms. The van der Waals surface area contributed by atoms with E-state index >= 15 is 0 Å².